The van der Waals surface area contributed by atoms with E-state index in [0.717, 1.165) is 6.42 Å². The van der Waals surface area contributed by atoms with Crippen LogP contribution in [0.5, 0.6) is 0 Å². The molecule has 1 atom stereocenters. The lowest BCUT2D eigenvalue weighted by molar-refractivity contribution is -0.385. The largest absolute Gasteiger partial charge is 0.396 e. The Bertz CT molecular complexity index is 530. The van der Waals surface area contributed by atoms with Crippen LogP contribution in [0.25, 0.3) is 0 Å². The van der Waals surface area contributed by atoms with E-state index in [4.69, 9.17) is 5.11 Å². The molecule has 6 nitrogen and oxygen atoms in total. The molecule has 1 fully saturated rings. The van der Waals surface area contributed by atoms with E-state index in [1.165, 1.54) is 6.07 Å². The first-order valence-electron chi connectivity index (χ1n) is 6.64. The molecule has 0 aromatic heterocycles. The average molecular weight is 278 g/mol. The lowest BCUT2D eigenvalue weighted by atomic mass is 10.0. The minimum atomic E-state index is -0.430. The van der Waals surface area contributed by atoms with Crippen LogP contribution >= 0.6 is 0 Å². The van der Waals surface area contributed by atoms with Crippen LogP contribution in [0.2, 0.25) is 0 Å². The van der Waals surface area contributed by atoms with E-state index in [1.54, 1.807) is 24.0 Å². The smallest absolute Gasteiger partial charge is 0.272 e. The fourth-order valence-corrected chi connectivity index (χ4v) is 2.54. The number of amides is 1. The van der Waals surface area contributed by atoms with E-state index in [-0.39, 0.29) is 30.5 Å². The number of aliphatic hydroxyl groups is 1. The predicted molar refractivity (Wildman–Crippen MR) is 73.3 cm³/mol. The third kappa shape index (κ3) is 2.96. The van der Waals surface area contributed by atoms with Gasteiger partial charge in [-0.1, -0.05) is 12.1 Å². The second-order valence-corrected chi connectivity index (χ2v) is 5.17. The van der Waals surface area contributed by atoms with Crippen molar-refractivity contribution in [2.45, 2.75) is 19.8 Å². The van der Waals surface area contributed by atoms with Crippen molar-refractivity contribution < 1.29 is 14.8 Å². The molecule has 6 heteroatoms. The molecular weight excluding hydrogens is 260 g/mol. The molecule has 0 aliphatic carbocycles. The summed E-state index contributed by atoms with van der Waals surface area (Å²) in [6.45, 7) is 2.99. The Hall–Kier alpha value is -1.95. The Balaban J connectivity index is 2.09. The zero-order valence-corrected chi connectivity index (χ0v) is 11.4. The molecule has 2 rings (SSSR count). The van der Waals surface area contributed by atoms with E-state index in [1.807, 2.05) is 0 Å². The van der Waals surface area contributed by atoms with E-state index in [2.05, 4.69) is 0 Å². The van der Waals surface area contributed by atoms with Crippen molar-refractivity contribution in [3.63, 3.8) is 0 Å². The van der Waals surface area contributed by atoms with E-state index in [9.17, 15) is 14.9 Å². The molecule has 1 N–H and O–H groups in total. The summed E-state index contributed by atoms with van der Waals surface area (Å²) in [7, 11) is 0. The Labute approximate surface area is 117 Å². The number of hydrogen-bond acceptors (Lipinski definition) is 4. The van der Waals surface area contributed by atoms with Crippen LogP contribution in [0.3, 0.4) is 0 Å². The summed E-state index contributed by atoms with van der Waals surface area (Å²) in [6.07, 6.45) is 0.988. The van der Waals surface area contributed by atoms with Crippen molar-refractivity contribution in [1.29, 1.82) is 0 Å². The highest BCUT2D eigenvalue weighted by Gasteiger charge is 2.26. The fourth-order valence-electron chi connectivity index (χ4n) is 2.54. The molecule has 0 spiro atoms. The van der Waals surface area contributed by atoms with E-state index < -0.39 is 4.92 Å². The normalized spacial score (nSPS) is 18.3. The lowest BCUT2D eigenvalue weighted by Gasteiger charge is -2.16. The number of likely N-dealkylation sites (tertiary alicyclic amines) is 1. The molecule has 1 amide bonds. The highest BCUT2D eigenvalue weighted by atomic mass is 16.6. The maximum absolute atomic E-state index is 12.2. The van der Waals surface area contributed by atoms with Crippen molar-refractivity contribution in [1.82, 2.24) is 4.90 Å². The Morgan fingerprint density at radius 3 is 2.90 bits per heavy atom. The standard InChI is InChI=1S/C14H18N2O4/c1-10-12(3-2-4-13(10)16(19)20)7-14(18)15-6-5-11(8-15)9-17/h2-4,11,17H,5-9H2,1H3/t11-/m1/s1. The molecule has 0 bridgehead atoms. The molecule has 20 heavy (non-hydrogen) atoms. The van der Waals surface area contributed by atoms with Crippen LogP contribution in [0.15, 0.2) is 18.2 Å². The van der Waals surface area contributed by atoms with Gasteiger partial charge in [0.1, 0.15) is 0 Å². The van der Waals surface area contributed by atoms with Gasteiger partial charge in [-0.25, -0.2) is 0 Å². The fraction of sp³-hybridized carbons (Fsp3) is 0.500. The number of aliphatic hydroxyl groups excluding tert-OH is 1. The number of nitrogens with zero attached hydrogens (tertiary/aromatic N) is 2. The Morgan fingerprint density at radius 1 is 1.55 bits per heavy atom. The highest BCUT2D eigenvalue weighted by Crippen LogP contribution is 2.23. The van der Waals surface area contributed by atoms with Crippen molar-refractivity contribution >= 4 is 11.6 Å². The summed E-state index contributed by atoms with van der Waals surface area (Å²) < 4.78 is 0. The molecular formula is C14H18N2O4. The topological polar surface area (TPSA) is 83.7 Å². The molecule has 1 aromatic rings. The van der Waals surface area contributed by atoms with Crippen LogP contribution in [0, 0.1) is 23.0 Å². The quantitative estimate of drug-likeness (QED) is 0.664. The Kier molecular flexibility index (Phi) is 4.34. The average Bonchev–Trinajstić information content (AvgIpc) is 2.89. The third-order valence-electron chi connectivity index (χ3n) is 3.85. The molecule has 1 heterocycles. The Morgan fingerprint density at radius 2 is 2.30 bits per heavy atom. The molecule has 1 aliphatic heterocycles. The number of carbonyl (C=O) groups excluding carboxylic acids is 1. The summed E-state index contributed by atoms with van der Waals surface area (Å²) in [5, 5.41) is 20.0. The van der Waals surface area contributed by atoms with Gasteiger partial charge in [0.15, 0.2) is 0 Å². The van der Waals surface area contributed by atoms with Gasteiger partial charge in [-0.3, -0.25) is 14.9 Å². The van der Waals surface area contributed by atoms with Crippen LogP contribution in [-0.4, -0.2) is 40.5 Å². The van der Waals surface area contributed by atoms with Gasteiger partial charge in [0.05, 0.1) is 11.3 Å². The van der Waals surface area contributed by atoms with Gasteiger partial charge in [0.2, 0.25) is 5.91 Å². The van der Waals surface area contributed by atoms with Crippen LogP contribution in [-0.2, 0) is 11.2 Å². The number of benzene rings is 1. The molecule has 108 valence electrons. The zero-order valence-electron chi connectivity index (χ0n) is 11.4. The first kappa shape index (κ1) is 14.5. The molecule has 0 saturated carbocycles. The van der Waals surface area contributed by atoms with Crippen LogP contribution < -0.4 is 0 Å². The first-order chi connectivity index (χ1) is 9.52. The monoisotopic (exact) mass is 278 g/mol. The molecule has 0 unspecified atom stereocenters. The van der Waals surface area contributed by atoms with Crippen LogP contribution in [0.1, 0.15) is 17.5 Å². The number of carbonyl (C=O) groups is 1. The van der Waals surface area contributed by atoms with Gasteiger partial charge in [0.25, 0.3) is 5.69 Å². The van der Waals surface area contributed by atoms with Gasteiger partial charge >= 0.3 is 0 Å². The summed E-state index contributed by atoms with van der Waals surface area (Å²) >= 11 is 0. The van der Waals surface area contributed by atoms with Gasteiger partial charge in [-0.2, -0.15) is 0 Å². The highest BCUT2D eigenvalue weighted by molar-refractivity contribution is 5.79. The molecule has 1 aliphatic rings. The SMILES string of the molecule is Cc1c(CC(=O)N2CC[C@@H](CO)C2)cccc1[N+](=O)[O-]. The van der Waals surface area contributed by atoms with Gasteiger partial charge in [0, 0.05) is 37.2 Å². The molecule has 1 aromatic carbocycles. The maximum atomic E-state index is 12.2. The number of hydrogen-bond donors (Lipinski definition) is 1. The van der Waals surface area contributed by atoms with Gasteiger partial charge in [-0.15, -0.1) is 0 Å². The maximum Gasteiger partial charge on any atom is 0.272 e. The predicted octanol–water partition coefficient (Wildman–Crippen LogP) is 1.29. The third-order valence-corrected chi connectivity index (χ3v) is 3.85. The summed E-state index contributed by atoms with van der Waals surface area (Å²) in [6, 6.07) is 4.80. The van der Waals surface area contributed by atoms with Crippen LogP contribution in [0.4, 0.5) is 5.69 Å². The second kappa shape index (κ2) is 6.00. The minimum Gasteiger partial charge on any atom is -0.396 e. The lowest BCUT2D eigenvalue weighted by Crippen LogP contribution is -2.30. The molecule has 1 saturated heterocycles. The van der Waals surface area contributed by atoms with Crippen molar-refractivity contribution in [2.24, 2.45) is 5.92 Å². The number of nitro groups is 1. The van der Waals surface area contributed by atoms with E-state index >= 15 is 0 Å². The first-order valence-corrected chi connectivity index (χ1v) is 6.64. The number of nitro benzene ring substituents is 1. The second-order valence-electron chi connectivity index (χ2n) is 5.17. The van der Waals surface area contributed by atoms with Crippen molar-refractivity contribution in [2.75, 3.05) is 19.7 Å². The van der Waals surface area contributed by atoms with E-state index in [0.29, 0.717) is 24.2 Å². The summed E-state index contributed by atoms with van der Waals surface area (Å²) in [4.78, 5) is 24.4. The minimum absolute atomic E-state index is 0.0375. The van der Waals surface area contributed by atoms with Gasteiger partial charge in [-0.05, 0) is 18.9 Å². The molecule has 0 radical (unpaired) electrons. The van der Waals surface area contributed by atoms with Crippen molar-refractivity contribution in [3.8, 4) is 0 Å². The summed E-state index contributed by atoms with van der Waals surface area (Å²) in [5.41, 5.74) is 1.28. The zero-order chi connectivity index (χ0) is 14.7. The van der Waals surface area contributed by atoms with Crippen molar-refractivity contribution in [3.05, 3.63) is 39.4 Å². The summed E-state index contributed by atoms with van der Waals surface area (Å²) in [5.74, 6) is 0.120. The van der Waals surface area contributed by atoms with Gasteiger partial charge < -0.3 is 10.0 Å². The number of rotatable bonds is 4.